The number of hydrogen-bond acceptors (Lipinski definition) is 4. The van der Waals surface area contributed by atoms with Crippen molar-refractivity contribution in [3.8, 4) is 0 Å². The highest BCUT2D eigenvalue weighted by Crippen LogP contribution is 2.36. The van der Waals surface area contributed by atoms with E-state index in [1.54, 1.807) is 0 Å². The molecule has 0 spiro atoms. The quantitative estimate of drug-likeness (QED) is 0.894. The molecule has 0 bridgehead atoms. The molecule has 0 fully saturated rings. The SMILES string of the molecule is CNc1cc(C)nc(N2c3ccccc3C[C@@H]2C)n1. The van der Waals surface area contributed by atoms with E-state index in [1.807, 2.05) is 20.0 Å². The highest BCUT2D eigenvalue weighted by Gasteiger charge is 2.28. The molecule has 4 heteroatoms. The monoisotopic (exact) mass is 254 g/mol. The molecule has 0 saturated carbocycles. The fourth-order valence-electron chi connectivity index (χ4n) is 2.66. The predicted octanol–water partition coefficient (Wildman–Crippen LogP) is 2.91. The van der Waals surface area contributed by atoms with Gasteiger partial charge in [0.25, 0.3) is 0 Å². The molecule has 1 aromatic carbocycles. The summed E-state index contributed by atoms with van der Waals surface area (Å²) in [6.07, 6.45) is 1.04. The molecule has 0 radical (unpaired) electrons. The minimum Gasteiger partial charge on any atom is -0.373 e. The smallest absolute Gasteiger partial charge is 0.232 e. The van der Waals surface area contributed by atoms with Crippen molar-refractivity contribution >= 4 is 17.5 Å². The van der Waals surface area contributed by atoms with Gasteiger partial charge < -0.3 is 10.2 Å². The Bertz CT molecular complexity index is 609. The van der Waals surface area contributed by atoms with Crippen molar-refractivity contribution in [1.82, 2.24) is 9.97 Å². The molecular weight excluding hydrogens is 236 g/mol. The first-order chi connectivity index (χ1) is 9.19. The molecule has 1 aliphatic heterocycles. The zero-order valence-corrected chi connectivity index (χ0v) is 11.5. The Morgan fingerprint density at radius 2 is 2.05 bits per heavy atom. The summed E-state index contributed by atoms with van der Waals surface area (Å²) in [5, 5.41) is 3.09. The molecule has 1 aromatic heterocycles. The largest absolute Gasteiger partial charge is 0.373 e. The van der Waals surface area contributed by atoms with Crippen molar-refractivity contribution < 1.29 is 0 Å². The highest BCUT2D eigenvalue weighted by molar-refractivity contribution is 5.67. The maximum atomic E-state index is 4.59. The van der Waals surface area contributed by atoms with Gasteiger partial charge in [-0.25, -0.2) is 4.98 Å². The Labute approximate surface area is 113 Å². The minimum absolute atomic E-state index is 0.393. The van der Waals surface area contributed by atoms with Crippen LogP contribution in [0.5, 0.6) is 0 Å². The zero-order valence-electron chi connectivity index (χ0n) is 11.5. The van der Waals surface area contributed by atoms with Gasteiger partial charge in [-0.2, -0.15) is 4.98 Å². The lowest BCUT2D eigenvalue weighted by Crippen LogP contribution is -2.26. The molecular formula is C15H18N4. The number of benzene rings is 1. The van der Waals surface area contributed by atoms with Crippen molar-refractivity contribution in [3.05, 3.63) is 41.6 Å². The van der Waals surface area contributed by atoms with Crippen molar-refractivity contribution in [2.45, 2.75) is 26.3 Å². The van der Waals surface area contributed by atoms with Crippen LogP contribution in [0.15, 0.2) is 30.3 Å². The summed E-state index contributed by atoms with van der Waals surface area (Å²) in [4.78, 5) is 11.4. The van der Waals surface area contributed by atoms with Crippen LogP contribution < -0.4 is 10.2 Å². The van der Waals surface area contributed by atoms with Gasteiger partial charge in [-0.3, -0.25) is 0 Å². The van der Waals surface area contributed by atoms with Crippen LogP contribution in [0.1, 0.15) is 18.2 Å². The van der Waals surface area contributed by atoms with Crippen LogP contribution in [0.2, 0.25) is 0 Å². The highest BCUT2D eigenvalue weighted by atomic mass is 15.3. The predicted molar refractivity (Wildman–Crippen MR) is 78.1 cm³/mol. The van der Waals surface area contributed by atoms with Crippen LogP contribution in [0.4, 0.5) is 17.5 Å². The van der Waals surface area contributed by atoms with E-state index in [1.165, 1.54) is 11.3 Å². The number of aryl methyl sites for hydroxylation is 1. The lowest BCUT2D eigenvalue weighted by Gasteiger charge is -2.23. The third kappa shape index (κ3) is 2.03. The van der Waals surface area contributed by atoms with E-state index in [4.69, 9.17) is 0 Å². The molecule has 1 N–H and O–H groups in total. The second-order valence-electron chi connectivity index (χ2n) is 5.00. The first kappa shape index (κ1) is 12.0. The van der Waals surface area contributed by atoms with Gasteiger partial charge in [0.2, 0.25) is 5.95 Å². The molecule has 1 atom stereocenters. The maximum Gasteiger partial charge on any atom is 0.232 e. The van der Waals surface area contributed by atoms with Crippen LogP contribution in [0, 0.1) is 6.92 Å². The fourth-order valence-corrected chi connectivity index (χ4v) is 2.66. The molecule has 98 valence electrons. The van der Waals surface area contributed by atoms with Gasteiger partial charge >= 0.3 is 0 Å². The van der Waals surface area contributed by atoms with E-state index in [0.29, 0.717) is 6.04 Å². The van der Waals surface area contributed by atoms with Gasteiger partial charge in [-0.05, 0) is 31.9 Å². The van der Waals surface area contributed by atoms with E-state index in [-0.39, 0.29) is 0 Å². The van der Waals surface area contributed by atoms with Crippen molar-refractivity contribution in [1.29, 1.82) is 0 Å². The second kappa shape index (κ2) is 4.53. The van der Waals surface area contributed by atoms with Gasteiger partial charge in [0, 0.05) is 30.5 Å². The van der Waals surface area contributed by atoms with Gasteiger partial charge in [-0.1, -0.05) is 18.2 Å². The van der Waals surface area contributed by atoms with E-state index in [0.717, 1.165) is 23.9 Å². The molecule has 3 rings (SSSR count). The molecule has 4 nitrogen and oxygen atoms in total. The Morgan fingerprint density at radius 3 is 2.84 bits per heavy atom. The van der Waals surface area contributed by atoms with Crippen molar-refractivity contribution in [2.24, 2.45) is 0 Å². The molecule has 0 amide bonds. The first-order valence-corrected chi connectivity index (χ1v) is 6.59. The lowest BCUT2D eigenvalue weighted by molar-refractivity contribution is 0.738. The van der Waals surface area contributed by atoms with Crippen LogP contribution in [0.25, 0.3) is 0 Å². The zero-order chi connectivity index (χ0) is 13.4. The van der Waals surface area contributed by atoms with Crippen LogP contribution in [0.3, 0.4) is 0 Å². The molecule has 0 saturated heterocycles. The first-order valence-electron chi connectivity index (χ1n) is 6.59. The number of hydrogen-bond donors (Lipinski definition) is 1. The molecule has 19 heavy (non-hydrogen) atoms. The minimum atomic E-state index is 0.393. The third-order valence-corrected chi connectivity index (χ3v) is 3.52. The normalized spacial score (nSPS) is 17.4. The van der Waals surface area contributed by atoms with Crippen molar-refractivity contribution in [3.63, 3.8) is 0 Å². The van der Waals surface area contributed by atoms with Crippen LogP contribution in [-0.4, -0.2) is 23.1 Å². The standard InChI is InChI=1S/C15H18N4/c1-10-8-14(16-3)18-15(17-10)19-11(2)9-12-6-4-5-7-13(12)19/h4-8,11H,9H2,1-3H3,(H,16,17,18)/t11-/m0/s1. The van der Waals surface area contributed by atoms with Gasteiger partial charge in [-0.15, -0.1) is 0 Å². The summed E-state index contributed by atoms with van der Waals surface area (Å²) in [7, 11) is 1.88. The average Bonchev–Trinajstić information content (AvgIpc) is 2.73. The van der Waals surface area contributed by atoms with Crippen molar-refractivity contribution in [2.75, 3.05) is 17.3 Å². The van der Waals surface area contributed by atoms with Crippen LogP contribution in [-0.2, 0) is 6.42 Å². The Morgan fingerprint density at radius 1 is 1.26 bits per heavy atom. The Balaban J connectivity index is 2.09. The number of nitrogens with zero attached hydrogens (tertiary/aromatic N) is 3. The number of rotatable bonds is 2. The maximum absolute atomic E-state index is 4.59. The van der Waals surface area contributed by atoms with Crippen LogP contribution >= 0.6 is 0 Å². The third-order valence-electron chi connectivity index (χ3n) is 3.52. The lowest BCUT2D eigenvalue weighted by atomic mass is 10.1. The fraction of sp³-hybridized carbons (Fsp3) is 0.333. The van der Waals surface area contributed by atoms with E-state index < -0.39 is 0 Å². The van der Waals surface area contributed by atoms with Gasteiger partial charge in [0.05, 0.1) is 0 Å². The van der Waals surface area contributed by atoms with Gasteiger partial charge in [0.15, 0.2) is 0 Å². The topological polar surface area (TPSA) is 41.1 Å². The molecule has 2 aromatic rings. The number of para-hydroxylation sites is 1. The van der Waals surface area contributed by atoms with E-state index in [2.05, 4.69) is 51.4 Å². The Hall–Kier alpha value is -2.10. The molecule has 0 unspecified atom stereocenters. The summed E-state index contributed by atoms with van der Waals surface area (Å²) in [6, 6.07) is 10.8. The molecule has 1 aliphatic rings. The summed E-state index contributed by atoms with van der Waals surface area (Å²) < 4.78 is 0. The molecule has 2 heterocycles. The summed E-state index contributed by atoms with van der Waals surface area (Å²) in [5.74, 6) is 1.64. The average molecular weight is 254 g/mol. The number of fused-ring (bicyclic) bond motifs is 1. The number of nitrogens with one attached hydrogen (secondary N) is 1. The van der Waals surface area contributed by atoms with E-state index >= 15 is 0 Å². The second-order valence-corrected chi connectivity index (χ2v) is 5.00. The number of anilines is 3. The summed E-state index contributed by atoms with van der Waals surface area (Å²) in [6.45, 7) is 4.21. The summed E-state index contributed by atoms with van der Waals surface area (Å²) >= 11 is 0. The van der Waals surface area contributed by atoms with Gasteiger partial charge in [0.1, 0.15) is 5.82 Å². The Kier molecular flexibility index (Phi) is 2.85. The summed E-state index contributed by atoms with van der Waals surface area (Å²) in [5.41, 5.74) is 3.57. The number of aromatic nitrogens is 2. The molecule has 0 aliphatic carbocycles. The van der Waals surface area contributed by atoms with E-state index in [9.17, 15) is 0 Å².